The van der Waals surface area contributed by atoms with Crippen LogP contribution < -0.4 is 5.32 Å². The molecule has 0 radical (unpaired) electrons. The van der Waals surface area contributed by atoms with E-state index in [0.717, 1.165) is 40.3 Å². The number of nitrogens with zero attached hydrogens (tertiary/aromatic N) is 3. The number of ether oxygens (including phenoxy) is 1. The minimum Gasteiger partial charge on any atom is -0.383 e. The van der Waals surface area contributed by atoms with E-state index in [-0.39, 0.29) is 0 Å². The van der Waals surface area contributed by atoms with E-state index in [1.807, 2.05) is 7.05 Å². The van der Waals surface area contributed by atoms with E-state index >= 15 is 0 Å². The molecule has 0 aliphatic carbocycles. The molecule has 0 amide bonds. The van der Waals surface area contributed by atoms with Crippen molar-refractivity contribution in [1.82, 2.24) is 14.5 Å². The van der Waals surface area contributed by atoms with Gasteiger partial charge in [0.1, 0.15) is 5.82 Å². The molecule has 1 unspecified atom stereocenters. The Balaban J connectivity index is 2.17. The fraction of sp³-hybridized carbons (Fsp3) is 0.478. The normalized spacial score (nSPS) is 12.7. The van der Waals surface area contributed by atoms with Crippen molar-refractivity contribution in [3.63, 3.8) is 0 Å². The summed E-state index contributed by atoms with van der Waals surface area (Å²) in [6.07, 6.45) is 3.22. The van der Waals surface area contributed by atoms with Crippen LogP contribution in [-0.4, -0.2) is 35.3 Å². The Labute approximate surface area is 168 Å². The summed E-state index contributed by atoms with van der Waals surface area (Å²) in [6.45, 7) is 11.5. The number of hydrogen-bond acceptors (Lipinski definition) is 4. The molecule has 5 heteroatoms. The number of aromatic nitrogens is 3. The summed E-state index contributed by atoms with van der Waals surface area (Å²) in [6, 6.07) is 6.81. The average molecular weight is 381 g/mol. The molecule has 0 bridgehead atoms. The van der Waals surface area contributed by atoms with Gasteiger partial charge >= 0.3 is 0 Å². The third kappa shape index (κ3) is 3.63. The van der Waals surface area contributed by atoms with E-state index in [2.05, 4.69) is 68.9 Å². The van der Waals surface area contributed by atoms with Gasteiger partial charge in [0.15, 0.2) is 0 Å². The van der Waals surface area contributed by atoms with Gasteiger partial charge in [0, 0.05) is 31.6 Å². The first-order chi connectivity index (χ1) is 13.4. The summed E-state index contributed by atoms with van der Waals surface area (Å²) in [5, 5.41) is 3.26. The first kappa shape index (κ1) is 20.3. The largest absolute Gasteiger partial charge is 0.383 e. The molecule has 0 saturated carbocycles. The predicted molar refractivity (Wildman–Crippen MR) is 117 cm³/mol. The maximum atomic E-state index is 5.43. The Kier molecular flexibility index (Phi) is 6.04. The molecule has 0 aliphatic rings. The molecular formula is C23H32N4O. The van der Waals surface area contributed by atoms with Crippen LogP contribution in [0.1, 0.15) is 56.0 Å². The van der Waals surface area contributed by atoms with Crippen LogP contribution in [-0.2, 0) is 4.74 Å². The van der Waals surface area contributed by atoms with Crippen molar-refractivity contribution in [1.29, 1.82) is 0 Å². The molecule has 0 aromatic carbocycles. The highest BCUT2D eigenvalue weighted by molar-refractivity contribution is 5.86. The zero-order chi connectivity index (χ0) is 20.4. The molecule has 0 spiro atoms. The number of rotatable bonds is 7. The molecule has 1 N–H and O–H groups in total. The van der Waals surface area contributed by atoms with Crippen LogP contribution >= 0.6 is 0 Å². The first-order valence-corrected chi connectivity index (χ1v) is 10.1. The van der Waals surface area contributed by atoms with Crippen LogP contribution in [0, 0.1) is 13.8 Å². The summed E-state index contributed by atoms with van der Waals surface area (Å²) in [5.41, 5.74) is 7.66. The standard InChI is InChI=1S/C23H32N4O/c1-8-17(13-28-7)27-12-16(5)22-20(27)11-15(4)21(26-22)18-9-10-19(14(2)3)25-23(18)24-6/h9-12,14,17H,8,13H2,1-7H3,(H,24,25). The molecule has 0 fully saturated rings. The van der Waals surface area contributed by atoms with Gasteiger partial charge < -0.3 is 14.6 Å². The number of nitrogens with one attached hydrogen (secondary N) is 1. The van der Waals surface area contributed by atoms with Gasteiger partial charge in [-0.1, -0.05) is 20.8 Å². The molecule has 28 heavy (non-hydrogen) atoms. The van der Waals surface area contributed by atoms with Crippen molar-refractivity contribution in [2.45, 2.75) is 53.0 Å². The summed E-state index contributed by atoms with van der Waals surface area (Å²) < 4.78 is 7.75. The van der Waals surface area contributed by atoms with Crippen molar-refractivity contribution in [3.05, 3.63) is 41.2 Å². The number of hydrogen-bond donors (Lipinski definition) is 1. The van der Waals surface area contributed by atoms with Crippen molar-refractivity contribution in [2.75, 3.05) is 26.1 Å². The van der Waals surface area contributed by atoms with Crippen molar-refractivity contribution in [3.8, 4) is 11.3 Å². The highest BCUT2D eigenvalue weighted by Gasteiger charge is 2.18. The van der Waals surface area contributed by atoms with Gasteiger partial charge in [-0.15, -0.1) is 0 Å². The Hall–Kier alpha value is -2.40. The highest BCUT2D eigenvalue weighted by Crippen LogP contribution is 2.33. The van der Waals surface area contributed by atoms with Gasteiger partial charge in [0.25, 0.3) is 0 Å². The van der Waals surface area contributed by atoms with Crippen molar-refractivity contribution in [2.24, 2.45) is 0 Å². The summed E-state index contributed by atoms with van der Waals surface area (Å²) in [5.74, 6) is 1.27. The number of methoxy groups -OCH3 is 1. The minimum atomic E-state index is 0.313. The fourth-order valence-electron chi connectivity index (χ4n) is 3.76. The lowest BCUT2D eigenvalue weighted by Crippen LogP contribution is -2.13. The maximum absolute atomic E-state index is 5.43. The van der Waals surface area contributed by atoms with Crippen LogP contribution in [0.2, 0.25) is 0 Å². The zero-order valence-corrected chi connectivity index (χ0v) is 18.1. The number of anilines is 1. The summed E-state index contributed by atoms with van der Waals surface area (Å²) >= 11 is 0. The first-order valence-electron chi connectivity index (χ1n) is 10.1. The van der Waals surface area contributed by atoms with Crippen molar-refractivity contribution < 1.29 is 4.74 Å². The van der Waals surface area contributed by atoms with Crippen LogP contribution in [0.3, 0.4) is 0 Å². The monoisotopic (exact) mass is 380 g/mol. The molecule has 3 rings (SSSR count). The molecule has 1 atom stereocenters. The molecule has 5 nitrogen and oxygen atoms in total. The predicted octanol–water partition coefficient (Wildman–Crippen LogP) is 5.48. The molecule has 3 aromatic heterocycles. The fourth-order valence-corrected chi connectivity index (χ4v) is 3.76. The topological polar surface area (TPSA) is 52.0 Å². The van der Waals surface area contributed by atoms with Gasteiger partial charge in [-0.05, 0) is 55.5 Å². The Morgan fingerprint density at radius 1 is 1.14 bits per heavy atom. The van der Waals surface area contributed by atoms with E-state index in [0.29, 0.717) is 18.6 Å². The lowest BCUT2D eigenvalue weighted by molar-refractivity contribution is 0.155. The maximum Gasteiger partial charge on any atom is 0.135 e. The zero-order valence-electron chi connectivity index (χ0n) is 18.1. The molecular weight excluding hydrogens is 348 g/mol. The second-order valence-electron chi connectivity index (χ2n) is 7.80. The Bertz CT molecular complexity index is 974. The summed E-state index contributed by atoms with van der Waals surface area (Å²) in [7, 11) is 3.68. The van der Waals surface area contributed by atoms with Crippen molar-refractivity contribution >= 4 is 16.9 Å². The number of fused-ring (bicyclic) bond motifs is 1. The molecule has 150 valence electrons. The number of pyridine rings is 2. The van der Waals surface area contributed by atoms with E-state index in [4.69, 9.17) is 14.7 Å². The smallest absolute Gasteiger partial charge is 0.135 e. The highest BCUT2D eigenvalue weighted by atomic mass is 16.5. The van der Waals surface area contributed by atoms with Gasteiger partial charge in [-0.3, -0.25) is 0 Å². The van der Waals surface area contributed by atoms with Gasteiger partial charge in [0.2, 0.25) is 0 Å². The van der Waals surface area contributed by atoms with E-state index in [1.54, 1.807) is 7.11 Å². The number of aryl methyl sites for hydroxylation is 2. The Morgan fingerprint density at radius 3 is 2.50 bits per heavy atom. The third-order valence-corrected chi connectivity index (χ3v) is 5.40. The molecule has 0 aliphatic heterocycles. The van der Waals surface area contributed by atoms with Crippen LogP contribution in [0.4, 0.5) is 5.82 Å². The van der Waals surface area contributed by atoms with E-state index in [1.165, 1.54) is 11.1 Å². The Morgan fingerprint density at radius 2 is 1.89 bits per heavy atom. The second-order valence-corrected chi connectivity index (χ2v) is 7.80. The van der Waals surface area contributed by atoms with Crippen LogP contribution in [0.15, 0.2) is 24.4 Å². The van der Waals surface area contributed by atoms with Gasteiger partial charge in [-0.25, -0.2) is 9.97 Å². The third-order valence-electron chi connectivity index (χ3n) is 5.40. The SMILES string of the molecule is CCC(COC)n1cc(C)c2nc(-c3ccc(C(C)C)nc3NC)c(C)cc21. The lowest BCUT2D eigenvalue weighted by atomic mass is 10.0. The second kappa shape index (κ2) is 8.31. The van der Waals surface area contributed by atoms with Gasteiger partial charge in [-0.2, -0.15) is 0 Å². The summed E-state index contributed by atoms with van der Waals surface area (Å²) in [4.78, 5) is 9.89. The van der Waals surface area contributed by atoms with E-state index < -0.39 is 0 Å². The van der Waals surface area contributed by atoms with Crippen LogP contribution in [0.25, 0.3) is 22.3 Å². The van der Waals surface area contributed by atoms with Crippen LogP contribution in [0.5, 0.6) is 0 Å². The molecule has 3 heterocycles. The quantitative estimate of drug-likeness (QED) is 0.590. The van der Waals surface area contributed by atoms with E-state index in [9.17, 15) is 0 Å². The lowest BCUT2D eigenvalue weighted by Gasteiger charge is -2.18. The van der Waals surface area contributed by atoms with Gasteiger partial charge in [0.05, 0.1) is 29.4 Å². The minimum absolute atomic E-state index is 0.313. The average Bonchev–Trinajstić information content (AvgIpc) is 3.00. The molecule has 3 aromatic rings. The molecule has 0 saturated heterocycles.